The van der Waals surface area contributed by atoms with Crippen molar-refractivity contribution in [3.05, 3.63) is 0 Å². The molecule has 1 heterocycles. The number of likely N-dealkylation sites (N-methyl/N-ethyl adjacent to an activating group) is 1. The maximum Gasteiger partial charge on any atom is 0.0623 e. The summed E-state index contributed by atoms with van der Waals surface area (Å²) in [6.45, 7) is 3.64. The number of ether oxygens (including phenoxy) is 2. The fourth-order valence-corrected chi connectivity index (χ4v) is 3.22. The number of hydrogen-bond acceptors (Lipinski definition) is 3. The van der Waals surface area contributed by atoms with Crippen LogP contribution >= 0.6 is 0 Å². The Morgan fingerprint density at radius 3 is 2.56 bits per heavy atom. The second-order valence-corrected chi connectivity index (χ2v) is 5.91. The Labute approximate surface area is 112 Å². The van der Waals surface area contributed by atoms with Gasteiger partial charge in [-0.2, -0.15) is 0 Å². The van der Waals surface area contributed by atoms with Gasteiger partial charge in [0.1, 0.15) is 0 Å². The van der Waals surface area contributed by atoms with Crippen molar-refractivity contribution >= 4 is 0 Å². The van der Waals surface area contributed by atoms with Gasteiger partial charge in [0.05, 0.1) is 13.2 Å². The van der Waals surface area contributed by atoms with E-state index in [0.717, 1.165) is 32.3 Å². The summed E-state index contributed by atoms with van der Waals surface area (Å²) in [7, 11) is 2.04. The quantitative estimate of drug-likeness (QED) is 0.740. The molecule has 2 atom stereocenters. The predicted molar refractivity (Wildman–Crippen MR) is 73.8 cm³/mol. The van der Waals surface area contributed by atoms with Crippen molar-refractivity contribution in [1.82, 2.24) is 5.32 Å². The van der Waals surface area contributed by atoms with Crippen LogP contribution in [0.3, 0.4) is 0 Å². The molecule has 1 saturated carbocycles. The summed E-state index contributed by atoms with van der Waals surface area (Å²) in [5, 5.41) is 3.39. The lowest BCUT2D eigenvalue weighted by Gasteiger charge is -2.23. The van der Waals surface area contributed by atoms with Gasteiger partial charge in [0.15, 0.2) is 0 Å². The molecule has 0 bridgehead atoms. The third kappa shape index (κ3) is 4.52. The molecule has 3 heteroatoms. The molecule has 1 N–H and O–H groups in total. The summed E-state index contributed by atoms with van der Waals surface area (Å²) in [5.41, 5.74) is 0. The lowest BCUT2D eigenvalue weighted by atomic mass is 9.99. The van der Waals surface area contributed by atoms with E-state index in [1.165, 1.54) is 44.9 Å². The average Bonchev–Trinajstić information content (AvgIpc) is 2.79. The number of hydrogen-bond donors (Lipinski definition) is 1. The molecular formula is C15H29NO2. The second-order valence-electron chi connectivity index (χ2n) is 5.91. The molecule has 2 unspecified atom stereocenters. The Hall–Kier alpha value is -0.120. The van der Waals surface area contributed by atoms with E-state index >= 15 is 0 Å². The first-order chi connectivity index (χ1) is 8.90. The van der Waals surface area contributed by atoms with Gasteiger partial charge < -0.3 is 14.8 Å². The minimum absolute atomic E-state index is 0.471. The predicted octanol–water partition coefficient (Wildman–Crippen LogP) is 2.60. The molecule has 1 saturated heterocycles. The molecule has 1 aliphatic carbocycles. The molecular weight excluding hydrogens is 226 g/mol. The largest absolute Gasteiger partial charge is 0.381 e. The molecule has 0 amide bonds. The van der Waals surface area contributed by atoms with Crippen LogP contribution in [0.5, 0.6) is 0 Å². The van der Waals surface area contributed by atoms with Crippen molar-refractivity contribution in [1.29, 1.82) is 0 Å². The van der Waals surface area contributed by atoms with Crippen molar-refractivity contribution < 1.29 is 9.47 Å². The van der Waals surface area contributed by atoms with Gasteiger partial charge in [-0.05, 0) is 32.2 Å². The van der Waals surface area contributed by atoms with E-state index in [2.05, 4.69) is 5.32 Å². The molecule has 2 fully saturated rings. The van der Waals surface area contributed by atoms with E-state index < -0.39 is 0 Å². The first-order valence-electron chi connectivity index (χ1n) is 7.73. The van der Waals surface area contributed by atoms with E-state index in [0.29, 0.717) is 12.0 Å². The van der Waals surface area contributed by atoms with Gasteiger partial charge in [-0.3, -0.25) is 0 Å². The third-order valence-electron chi connectivity index (χ3n) is 4.53. The molecule has 3 nitrogen and oxygen atoms in total. The molecule has 2 aliphatic rings. The van der Waals surface area contributed by atoms with Crippen LogP contribution in [-0.4, -0.2) is 39.5 Å². The summed E-state index contributed by atoms with van der Waals surface area (Å²) >= 11 is 0. The van der Waals surface area contributed by atoms with Crippen molar-refractivity contribution in [3.63, 3.8) is 0 Å². The summed E-state index contributed by atoms with van der Waals surface area (Å²) < 4.78 is 11.4. The molecule has 0 aromatic rings. The highest BCUT2D eigenvalue weighted by atomic mass is 16.5. The first kappa shape index (κ1) is 14.3. The van der Waals surface area contributed by atoms with Crippen LogP contribution in [0.25, 0.3) is 0 Å². The van der Waals surface area contributed by atoms with Crippen LogP contribution in [0.4, 0.5) is 0 Å². The SMILES string of the molecule is CNC(COCC1CCCCCC1)C1CCOC1. The monoisotopic (exact) mass is 255 g/mol. The van der Waals surface area contributed by atoms with E-state index in [9.17, 15) is 0 Å². The van der Waals surface area contributed by atoms with Crippen molar-refractivity contribution in [3.8, 4) is 0 Å². The fraction of sp³-hybridized carbons (Fsp3) is 1.00. The topological polar surface area (TPSA) is 30.5 Å². The summed E-state index contributed by atoms with van der Waals surface area (Å²) in [4.78, 5) is 0. The number of nitrogens with one attached hydrogen (secondary N) is 1. The molecule has 2 rings (SSSR count). The zero-order valence-corrected chi connectivity index (χ0v) is 11.8. The minimum atomic E-state index is 0.471. The van der Waals surface area contributed by atoms with Gasteiger partial charge >= 0.3 is 0 Å². The highest BCUT2D eigenvalue weighted by Gasteiger charge is 2.25. The highest BCUT2D eigenvalue weighted by molar-refractivity contribution is 4.78. The van der Waals surface area contributed by atoms with Gasteiger partial charge in [-0.15, -0.1) is 0 Å². The maximum atomic E-state index is 5.98. The van der Waals surface area contributed by atoms with Crippen LogP contribution < -0.4 is 5.32 Å². The average molecular weight is 255 g/mol. The van der Waals surface area contributed by atoms with Crippen LogP contribution in [0.2, 0.25) is 0 Å². The van der Waals surface area contributed by atoms with Crippen molar-refractivity contribution in [2.75, 3.05) is 33.5 Å². The standard InChI is InChI=1S/C15H29NO2/c1-16-15(14-8-9-17-11-14)12-18-10-13-6-4-2-3-5-7-13/h13-16H,2-12H2,1H3. The molecule has 0 spiro atoms. The smallest absolute Gasteiger partial charge is 0.0623 e. The fourth-order valence-electron chi connectivity index (χ4n) is 3.22. The molecule has 106 valence electrons. The molecule has 0 aromatic heterocycles. The first-order valence-corrected chi connectivity index (χ1v) is 7.73. The van der Waals surface area contributed by atoms with Crippen molar-refractivity contribution in [2.24, 2.45) is 11.8 Å². The maximum absolute atomic E-state index is 5.98. The third-order valence-corrected chi connectivity index (χ3v) is 4.53. The van der Waals surface area contributed by atoms with Gasteiger partial charge in [0.25, 0.3) is 0 Å². The van der Waals surface area contributed by atoms with Crippen LogP contribution in [-0.2, 0) is 9.47 Å². The van der Waals surface area contributed by atoms with Crippen molar-refractivity contribution in [2.45, 2.75) is 51.0 Å². The highest BCUT2D eigenvalue weighted by Crippen LogP contribution is 2.23. The Balaban J connectivity index is 1.63. The van der Waals surface area contributed by atoms with Gasteiger partial charge in [0.2, 0.25) is 0 Å². The normalized spacial score (nSPS) is 28.2. The Bertz CT molecular complexity index is 209. The Kier molecular flexibility index (Phi) is 6.46. The van der Waals surface area contributed by atoms with E-state index in [1.54, 1.807) is 0 Å². The van der Waals surface area contributed by atoms with E-state index in [4.69, 9.17) is 9.47 Å². The summed E-state index contributed by atoms with van der Waals surface area (Å²) in [6, 6.07) is 0.471. The second kappa shape index (κ2) is 8.13. The van der Waals surface area contributed by atoms with Crippen LogP contribution in [0.1, 0.15) is 44.9 Å². The lowest BCUT2D eigenvalue weighted by molar-refractivity contribution is 0.0622. The van der Waals surface area contributed by atoms with Gasteiger partial charge in [0, 0.05) is 25.2 Å². The summed E-state index contributed by atoms with van der Waals surface area (Å²) in [6.07, 6.45) is 9.58. The van der Waals surface area contributed by atoms with Gasteiger partial charge in [-0.25, -0.2) is 0 Å². The lowest BCUT2D eigenvalue weighted by Crippen LogP contribution is -2.38. The Morgan fingerprint density at radius 1 is 1.17 bits per heavy atom. The summed E-state index contributed by atoms with van der Waals surface area (Å²) in [5.74, 6) is 1.45. The Morgan fingerprint density at radius 2 is 1.94 bits per heavy atom. The zero-order valence-electron chi connectivity index (χ0n) is 11.8. The molecule has 0 aromatic carbocycles. The molecule has 18 heavy (non-hydrogen) atoms. The molecule has 0 radical (unpaired) electrons. The van der Waals surface area contributed by atoms with E-state index in [-0.39, 0.29) is 0 Å². The minimum Gasteiger partial charge on any atom is -0.381 e. The van der Waals surface area contributed by atoms with Crippen LogP contribution in [0.15, 0.2) is 0 Å². The van der Waals surface area contributed by atoms with Crippen LogP contribution in [0, 0.1) is 11.8 Å². The molecule has 1 aliphatic heterocycles. The van der Waals surface area contributed by atoms with E-state index in [1.807, 2.05) is 7.05 Å². The number of rotatable bonds is 6. The zero-order chi connectivity index (χ0) is 12.6. The van der Waals surface area contributed by atoms with Gasteiger partial charge in [-0.1, -0.05) is 25.7 Å².